The Kier molecular flexibility index (Phi) is 6.99. The smallest absolute Gasteiger partial charge is 0.270 e. The third kappa shape index (κ3) is 5.20. The Labute approximate surface area is 208 Å². The average molecular weight is 517 g/mol. The van der Waals surface area contributed by atoms with Crippen LogP contribution in [0.15, 0.2) is 71.6 Å². The van der Waals surface area contributed by atoms with Crippen LogP contribution in [0, 0.1) is 10.1 Å². The Morgan fingerprint density at radius 3 is 2.52 bits per heavy atom. The van der Waals surface area contributed by atoms with Crippen LogP contribution in [0.1, 0.15) is 11.1 Å². The van der Waals surface area contributed by atoms with Crippen LogP contribution in [-0.2, 0) is 11.4 Å². The van der Waals surface area contributed by atoms with Gasteiger partial charge < -0.3 is 4.74 Å². The third-order valence-corrected chi connectivity index (χ3v) is 6.61. The molecule has 0 aliphatic carbocycles. The molecule has 0 unspecified atom stereocenters. The normalized spacial score (nSPS) is 14.7. The van der Waals surface area contributed by atoms with Gasteiger partial charge in [0, 0.05) is 33.3 Å². The van der Waals surface area contributed by atoms with Crippen LogP contribution in [0.3, 0.4) is 0 Å². The van der Waals surface area contributed by atoms with Gasteiger partial charge in [0.25, 0.3) is 11.6 Å². The highest BCUT2D eigenvalue weighted by Crippen LogP contribution is 2.37. The lowest BCUT2D eigenvalue weighted by Gasteiger charge is -2.14. The first-order valence-corrected chi connectivity index (χ1v) is 11.5. The fraction of sp³-hybridized carbons (Fsp3) is 0.0435. The van der Waals surface area contributed by atoms with Gasteiger partial charge in [-0.15, -0.1) is 0 Å². The van der Waals surface area contributed by atoms with Crippen LogP contribution >= 0.6 is 47.2 Å². The molecule has 1 saturated heterocycles. The third-order valence-electron chi connectivity index (χ3n) is 4.72. The van der Waals surface area contributed by atoms with Crippen molar-refractivity contribution in [2.24, 2.45) is 0 Å². The van der Waals surface area contributed by atoms with Crippen molar-refractivity contribution < 1.29 is 14.5 Å². The predicted octanol–water partition coefficient (Wildman–Crippen LogP) is 6.89. The second kappa shape index (κ2) is 9.93. The zero-order chi connectivity index (χ0) is 23.5. The van der Waals surface area contributed by atoms with Gasteiger partial charge in [-0.1, -0.05) is 71.4 Å². The minimum absolute atomic E-state index is 0.0633. The van der Waals surface area contributed by atoms with Crippen molar-refractivity contribution in [3.05, 3.63) is 103 Å². The zero-order valence-electron chi connectivity index (χ0n) is 16.7. The molecule has 0 saturated carbocycles. The highest BCUT2D eigenvalue weighted by atomic mass is 35.5. The van der Waals surface area contributed by atoms with Crippen LogP contribution < -0.4 is 9.64 Å². The number of hydrogen-bond donors (Lipinski definition) is 0. The highest BCUT2D eigenvalue weighted by molar-refractivity contribution is 8.27. The second-order valence-electron chi connectivity index (χ2n) is 6.85. The minimum atomic E-state index is -0.498. The van der Waals surface area contributed by atoms with E-state index in [0.717, 1.165) is 17.3 Å². The molecule has 3 aromatic carbocycles. The predicted molar refractivity (Wildman–Crippen MR) is 136 cm³/mol. The molecule has 3 aromatic rings. The lowest BCUT2D eigenvalue weighted by atomic mass is 10.1. The summed E-state index contributed by atoms with van der Waals surface area (Å²) in [7, 11) is 0. The van der Waals surface area contributed by atoms with Gasteiger partial charge in [0.1, 0.15) is 12.4 Å². The molecule has 10 heteroatoms. The maximum Gasteiger partial charge on any atom is 0.270 e. The second-order valence-corrected chi connectivity index (χ2v) is 9.37. The summed E-state index contributed by atoms with van der Waals surface area (Å²) in [5.41, 5.74) is 1.88. The molecule has 0 radical (unpaired) electrons. The number of thiocarbonyl (C=S) groups is 1. The summed E-state index contributed by atoms with van der Waals surface area (Å²) in [5, 5.41) is 11.9. The Hall–Kier alpha value is -2.91. The molecule has 166 valence electrons. The van der Waals surface area contributed by atoms with E-state index in [0.29, 0.717) is 36.3 Å². The van der Waals surface area contributed by atoms with Gasteiger partial charge in [0.2, 0.25) is 0 Å². The highest BCUT2D eigenvalue weighted by Gasteiger charge is 2.33. The largest absolute Gasteiger partial charge is 0.488 e. The molecule has 0 bridgehead atoms. The van der Waals surface area contributed by atoms with Crippen LogP contribution in [-0.4, -0.2) is 15.2 Å². The van der Waals surface area contributed by atoms with Gasteiger partial charge in [0.05, 0.1) is 15.5 Å². The summed E-state index contributed by atoms with van der Waals surface area (Å²) in [6, 6.07) is 18.2. The monoisotopic (exact) mass is 516 g/mol. The number of carbonyl (C=O) groups is 1. The number of benzene rings is 3. The molecule has 0 atom stereocenters. The number of thioether (sulfide) groups is 1. The van der Waals surface area contributed by atoms with Crippen molar-refractivity contribution in [1.29, 1.82) is 0 Å². The number of nitro benzene ring substituents is 1. The molecule has 33 heavy (non-hydrogen) atoms. The van der Waals surface area contributed by atoms with E-state index in [1.807, 2.05) is 18.2 Å². The van der Waals surface area contributed by atoms with Crippen LogP contribution in [0.4, 0.5) is 11.4 Å². The van der Waals surface area contributed by atoms with E-state index in [1.54, 1.807) is 30.3 Å². The van der Waals surface area contributed by atoms with Crippen LogP contribution in [0.2, 0.25) is 10.0 Å². The minimum Gasteiger partial charge on any atom is -0.488 e. The number of amides is 1. The molecule has 0 spiro atoms. The number of hydrogen-bond acceptors (Lipinski definition) is 6. The standard InChI is InChI=1S/C23H14Cl2N2O4S2/c24-16-6-5-15(19(25)12-16)13-31-20-4-2-1-3-14(20)11-21-22(28)26(23(32)33-21)17-7-9-18(10-8-17)27(29)30/h1-12H,13H2/b21-11-. The van der Waals surface area contributed by atoms with E-state index >= 15 is 0 Å². The first-order valence-electron chi connectivity index (χ1n) is 9.51. The molecule has 4 rings (SSSR count). The first-order chi connectivity index (χ1) is 15.8. The quantitative estimate of drug-likeness (QED) is 0.154. The SMILES string of the molecule is O=C1/C(=C/c2ccccc2OCc2ccc(Cl)cc2Cl)SC(=S)N1c1ccc([N+](=O)[O-])cc1. The molecule has 6 nitrogen and oxygen atoms in total. The molecule has 1 aliphatic rings. The number of nitrogens with zero attached hydrogens (tertiary/aromatic N) is 2. The number of halogens is 2. The summed E-state index contributed by atoms with van der Waals surface area (Å²) >= 11 is 18.7. The number of carbonyl (C=O) groups excluding carboxylic acids is 1. The molecule has 0 N–H and O–H groups in total. The van der Waals surface area contributed by atoms with Crippen molar-refractivity contribution in [1.82, 2.24) is 0 Å². The van der Waals surface area contributed by atoms with Gasteiger partial charge >= 0.3 is 0 Å². The Morgan fingerprint density at radius 2 is 1.82 bits per heavy atom. The van der Waals surface area contributed by atoms with Crippen LogP contribution in [0.5, 0.6) is 5.75 Å². The fourth-order valence-electron chi connectivity index (χ4n) is 3.08. The van der Waals surface area contributed by atoms with Gasteiger partial charge in [-0.25, -0.2) is 0 Å². The number of nitro groups is 1. The van der Waals surface area contributed by atoms with E-state index in [1.165, 1.54) is 29.2 Å². The first kappa shape index (κ1) is 23.3. The van der Waals surface area contributed by atoms with Crippen molar-refractivity contribution in [3.8, 4) is 5.75 Å². The molecular formula is C23H14Cl2N2O4S2. The Balaban J connectivity index is 1.56. The lowest BCUT2D eigenvalue weighted by Crippen LogP contribution is -2.27. The van der Waals surface area contributed by atoms with Crippen molar-refractivity contribution in [2.75, 3.05) is 4.90 Å². The van der Waals surface area contributed by atoms with Gasteiger partial charge in [-0.2, -0.15) is 0 Å². The topological polar surface area (TPSA) is 72.7 Å². The average Bonchev–Trinajstić information content (AvgIpc) is 3.07. The summed E-state index contributed by atoms with van der Waals surface area (Å²) in [4.78, 5) is 25.2. The lowest BCUT2D eigenvalue weighted by molar-refractivity contribution is -0.384. The van der Waals surface area contributed by atoms with Crippen molar-refractivity contribution in [3.63, 3.8) is 0 Å². The van der Waals surface area contributed by atoms with E-state index in [2.05, 4.69) is 0 Å². The van der Waals surface area contributed by atoms with Gasteiger partial charge in [-0.05, 0) is 36.4 Å². The molecule has 1 amide bonds. The molecule has 0 aromatic heterocycles. The maximum absolute atomic E-state index is 13.1. The molecule has 1 heterocycles. The van der Waals surface area contributed by atoms with Gasteiger partial charge in [-0.3, -0.25) is 19.8 Å². The number of ether oxygens (including phenoxy) is 1. The van der Waals surface area contributed by atoms with Gasteiger partial charge in [0.15, 0.2) is 4.32 Å². The molecule has 1 aliphatic heterocycles. The maximum atomic E-state index is 13.1. The summed E-state index contributed by atoms with van der Waals surface area (Å²) in [6.07, 6.45) is 1.71. The van der Waals surface area contributed by atoms with E-state index < -0.39 is 4.92 Å². The Morgan fingerprint density at radius 1 is 1.09 bits per heavy atom. The van der Waals surface area contributed by atoms with E-state index in [-0.39, 0.29) is 18.2 Å². The molecule has 1 fully saturated rings. The number of rotatable bonds is 6. The van der Waals surface area contributed by atoms with Crippen molar-refractivity contribution >= 4 is 74.9 Å². The Bertz CT molecular complexity index is 1300. The number of para-hydroxylation sites is 1. The molecular weight excluding hydrogens is 503 g/mol. The number of non-ortho nitro benzene ring substituents is 1. The fourth-order valence-corrected chi connectivity index (χ4v) is 4.83. The van der Waals surface area contributed by atoms with E-state index in [9.17, 15) is 14.9 Å². The van der Waals surface area contributed by atoms with Crippen LogP contribution in [0.25, 0.3) is 6.08 Å². The van der Waals surface area contributed by atoms with E-state index in [4.69, 9.17) is 40.2 Å². The zero-order valence-corrected chi connectivity index (χ0v) is 19.9. The van der Waals surface area contributed by atoms with Crippen molar-refractivity contribution in [2.45, 2.75) is 6.61 Å². The summed E-state index contributed by atoms with van der Waals surface area (Å²) in [5.74, 6) is 0.263. The summed E-state index contributed by atoms with van der Waals surface area (Å²) < 4.78 is 6.30. The summed E-state index contributed by atoms with van der Waals surface area (Å²) in [6.45, 7) is 0.227. The number of anilines is 1.